The lowest BCUT2D eigenvalue weighted by Crippen LogP contribution is -2.45. The number of thioether (sulfide) groups is 1. The monoisotopic (exact) mass is 423 g/mol. The van der Waals surface area contributed by atoms with Gasteiger partial charge < -0.3 is 5.32 Å². The SMILES string of the molecule is Cc1ccc(S(=O)(=O)N2CCC[C@H](C(=O)NCCSc3n[nH]c(C)n3)C2)cc1. The van der Waals surface area contributed by atoms with Gasteiger partial charge >= 0.3 is 0 Å². The maximum Gasteiger partial charge on any atom is 0.243 e. The van der Waals surface area contributed by atoms with Crippen LogP contribution in [0.1, 0.15) is 24.2 Å². The van der Waals surface area contributed by atoms with Gasteiger partial charge in [0.05, 0.1) is 10.8 Å². The number of carbonyl (C=O) groups excluding carboxylic acids is 1. The average molecular weight is 424 g/mol. The predicted octanol–water partition coefficient (Wildman–Crippen LogP) is 1.73. The molecule has 2 aromatic rings. The Balaban J connectivity index is 1.52. The summed E-state index contributed by atoms with van der Waals surface area (Å²) in [6.45, 7) is 4.89. The van der Waals surface area contributed by atoms with Crippen molar-refractivity contribution < 1.29 is 13.2 Å². The quantitative estimate of drug-likeness (QED) is 0.519. The molecule has 1 atom stereocenters. The summed E-state index contributed by atoms with van der Waals surface area (Å²) >= 11 is 1.46. The van der Waals surface area contributed by atoms with Crippen molar-refractivity contribution in [3.8, 4) is 0 Å². The van der Waals surface area contributed by atoms with E-state index in [2.05, 4.69) is 20.5 Å². The van der Waals surface area contributed by atoms with Crippen LogP contribution in [0.2, 0.25) is 0 Å². The number of hydrogen-bond acceptors (Lipinski definition) is 6. The van der Waals surface area contributed by atoms with Crippen molar-refractivity contribution in [1.82, 2.24) is 24.8 Å². The number of aromatic nitrogens is 3. The van der Waals surface area contributed by atoms with Gasteiger partial charge in [0.2, 0.25) is 21.1 Å². The van der Waals surface area contributed by atoms with E-state index < -0.39 is 10.0 Å². The van der Waals surface area contributed by atoms with Crippen LogP contribution in [-0.2, 0) is 14.8 Å². The summed E-state index contributed by atoms with van der Waals surface area (Å²) in [5.41, 5.74) is 1.01. The fourth-order valence-corrected chi connectivity index (χ4v) is 5.30. The van der Waals surface area contributed by atoms with E-state index in [0.29, 0.717) is 36.8 Å². The van der Waals surface area contributed by atoms with Gasteiger partial charge in [-0.3, -0.25) is 9.89 Å². The Morgan fingerprint density at radius 2 is 2.07 bits per heavy atom. The molecular formula is C18H25N5O3S2. The van der Waals surface area contributed by atoms with Gasteiger partial charge in [-0.05, 0) is 38.8 Å². The molecule has 3 rings (SSSR count). The third kappa shape index (κ3) is 5.12. The minimum Gasteiger partial charge on any atom is -0.355 e. The van der Waals surface area contributed by atoms with Crippen LogP contribution in [0.3, 0.4) is 0 Å². The second kappa shape index (κ2) is 9.06. The van der Waals surface area contributed by atoms with Crippen LogP contribution in [0, 0.1) is 19.8 Å². The van der Waals surface area contributed by atoms with Crippen LogP contribution in [0.5, 0.6) is 0 Å². The number of benzene rings is 1. The van der Waals surface area contributed by atoms with Crippen LogP contribution < -0.4 is 5.32 Å². The van der Waals surface area contributed by atoms with E-state index in [4.69, 9.17) is 0 Å². The molecular weight excluding hydrogens is 398 g/mol. The predicted molar refractivity (Wildman–Crippen MR) is 108 cm³/mol. The van der Waals surface area contributed by atoms with Gasteiger partial charge in [0.1, 0.15) is 5.82 Å². The molecule has 28 heavy (non-hydrogen) atoms. The number of sulfonamides is 1. The third-order valence-electron chi connectivity index (χ3n) is 4.62. The summed E-state index contributed by atoms with van der Waals surface area (Å²) in [6, 6.07) is 6.82. The van der Waals surface area contributed by atoms with Crippen molar-refractivity contribution in [1.29, 1.82) is 0 Å². The lowest BCUT2D eigenvalue weighted by molar-refractivity contribution is -0.125. The van der Waals surface area contributed by atoms with E-state index in [0.717, 1.165) is 11.4 Å². The summed E-state index contributed by atoms with van der Waals surface area (Å²) in [7, 11) is -3.57. The zero-order chi connectivity index (χ0) is 20.1. The van der Waals surface area contributed by atoms with Crippen LogP contribution in [0.4, 0.5) is 0 Å². The van der Waals surface area contributed by atoms with Crippen LogP contribution in [-0.4, -0.2) is 59.2 Å². The number of nitrogens with one attached hydrogen (secondary N) is 2. The second-order valence-corrected chi connectivity index (χ2v) is 9.86. The summed E-state index contributed by atoms with van der Waals surface area (Å²) < 4.78 is 27.1. The first-order valence-corrected chi connectivity index (χ1v) is 11.6. The summed E-state index contributed by atoms with van der Waals surface area (Å²) in [4.78, 5) is 17.0. The largest absolute Gasteiger partial charge is 0.355 e. The summed E-state index contributed by atoms with van der Waals surface area (Å²) in [6.07, 6.45) is 1.37. The average Bonchev–Trinajstić information content (AvgIpc) is 3.10. The van der Waals surface area contributed by atoms with Crippen molar-refractivity contribution in [3.05, 3.63) is 35.7 Å². The molecule has 1 aliphatic rings. The van der Waals surface area contributed by atoms with E-state index in [1.807, 2.05) is 13.8 Å². The lowest BCUT2D eigenvalue weighted by atomic mass is 9.99. The Morgan fingerprint density at radius 3 is 2.75 bits per heavy atom. The van der Waals surface area contributed by atoms with Gasteiger partial charge in [0.15, 0.2) is 0 Å². The Labute approximate surface area is 169 Å². The number of piperidine rings is 1. The number of nitrogens with zero attached hydrogens (tertiary/aromatic N) is 3. The number of hydrogen-bond donors (Lipinski definition) is 2. The molecule has 1 amide bonds. The first kappa shape index (κ1) is 20.8. The van der Waals surface area contributed by atoms with Crippen LogP contribution in [0.15, 0.2) is 34.3 Å². The number of rotatable bonds is 7. The molecule has 1 saturated heterocycles. The van der Waals surface area contributed by atoms with E-state index >= 15 is 0 Å². The number of amides is 1. The van der Waals surface area contributed by atoms with Crippen LogP contribution in [0.25, 0.3) is 0 Å². The molecule has 0 spiro atoms. The zero-order valence-electron chi connectivity index (χ0n) is 16.0. The topological polar surface area (TPSA) is 108 Å². The Bertz CT molecular complexity index is 912. The Kier molecular flexibility index (Phi) is 6.73. The van der Waals surface area contributed by atoms with Crippen molar-refractivity contribution in [2.75, 3.05) is 25.4 Å². The van der Waals surface area contributed by atoms with Crippen molar-refractivity contribution in [2.45, 2.75) is 36.7 Å². The maximum absolute atomic E-state index is 12.9. The highest BCUT2D eigenvalue weighted by molar-refractivity contribution is 7.99. The van der Waals surface area contributed by atoms with E-state index in [-0.39, 0.29) is 23.3 Å². The number of aromatic amines is 1. The summed E-state index contributed by atoms with van der Waals surface area (Å²) in [5.74, 6) is 0.977. The van der Waals surface area contributed by atoms with Crippen molar-refractivity contribution in [3.63, 3.8) is 0 Å². The van der Waals surface area contributed by atoms with Crippen LogP contribution >= 0.6 is 11.8 Å². The molecule has 10 heteroatoms. The minimum absolute atomic E-state index is 0.101. The maximum atomic E-state index is 12.9. The fourth-order valence-electron chi connectivity index (χ4n) is 3.08. The first-order chi connectivity index (χ1) is 13.4. The summed E-state index contributed by atoms with van der Waals surface area (Å²) in [5, 5.41) is 10.4. The molecule has 0 aliphatic carbocycles. The molecule has 1 fully saturated rings. The number of carbonyl (C=O) groups is 1. The van der Waals surface area contributed by atoms with Crippen molar-refractivity contribution in [2.24, 2.45) is 5.92 Å². The van der Waals surface area contributed by atoms with E-state index in [1.165, 1.54) is 16.1 Å². The lowest BCUT2D eigenvalue weighted by Gasteiger charge is -2.31. The van der Waals surface area contributed by atoms with E-state index in [1.54, 1.807) is 24.3 Å². The minimum atomic E-state index is -3.57. The van der Waals surface area contributed by atoms with Gasteiger partial charge in [0.25, 0.3) is 0 Å². The zero-order valence-corrected chi connectivity index (χ0v) is 17.6. The molecule has 8 nitrogen and oxygen atoms in total. The molecule has 1 aromatic carbocycles. The molecule has 1 aromatic heterocycles. The second-order valence-electron chi connectivity index (χ2n) is 6.86. The first-order valence-electron chi connectivity index (χ1n) is 9.22. The Hall–Kier alpha value is -1.91. The van der Waals surface area contributed by atoms with Gasteiger partial charge in [-0.1, -0.05) is 29.5 Å². The molecule has 0 saturated carbocycles. The van der Waals surface area contributed by atoms with Gasteiger partial charge in [-0.15, -0.1) is 5.10 Å². The normalized spacial score (nSPS) is 18.1. The molecule has 2 N–H and O–H groups in total. The van der Waals surface area contributed by atoms with Crippen molar-refractivity contribution >= 4 is 27.7 Å². The fraction of sp³-hybridized carbons (Fsp3) is 0.500. The molecule has 0 radical (unpaired) electrons. The number of H-pyrrole nitrogens is 1. The molecule has 1 aliphatic heterocycles. The number of aryl methyl sites for hydroxylation is 2. The molecule has 0 unspecified atom stereocenters. The van der Waals surface area contributed by atoms with E-state index in [9.17, 15) is 13.2 Å². The standard InChI is InChI=1S/C18H25N5O3S2/c1-13-5-7-16(8-6-13)28(25,26)23-10-3-4-15(12-23)17(24)19-9-11-27-18-20-14(2)21-22-18/h5-8,15H,3-4,9-12H2,1-2H3,(H,19,24)(H,20,21,22)/t15-/m0/s1. The van der Waals surface area contributed by atoms with Gasteiger partial charge in [-0.25, -0.2) is 13.4 Å². The highest BCUT2D eigenvalue weighted by atomic mass is 32.2. The highest BCUT2D eigenvalue weighted by Gasteiger charge is 2.33. The molecule has 2 heterocycles. The Morgan fingerprint density at radius 1 is 1.32 bits per heavy atom. The van der Waals surface area contributed by atoms with Gasteiger partial charge in [0, 0.05) is 25.4 Å². The smallest absolute Gasteiger partial charge is 0.243 e. The molecule has 0 bridgehead atoms. The third-order valence-corrected chi connectivity index (χ3v) is 7.35. The van der Waals surface area contributed by atoms with Gasteiger partial charge in [-0.2, -0.15) is 4.31 Å². The molecule has 152 valence electrons. The highest BCUT2D eigenvalue weighted by Crippen LogP contribution is 2.24.